The maximum atomic E-state index is 15.9. The van der Waals surface area contributed by atoms with Crippen LogP contribution in [0.1, 0.15) is 21.7 Å². The fourth-order valence-corrected chi connectivity index (χ4v) is 3.32. The second-order valence-electron chi connectivity index (χ2n) is 4.84. The molecule has 0 radical (unpaired) electrons. The number of nitrogens with one attached hydrogen (secondary N) is 1. The van der Waals surface area contributed by atoms with Crippen LogP contribution in [0, 0.1) is 6.92 Å². The van der Waals surface area contributed by atoms with E-state index in [-0.39, 0.29) is 6.42 Å². The van der Waals surface area contributed by atoms with Crippen molar-refractivity contribution in [1.82, 2.24) is 15.4 Å². The number of hydrogen-bond donors (Lipinski definition) is 1. The molecule has 0 fully saturated rings. The lowest BCUT2D eigenvalue weighted by atomic mass is 9.84. The number of aromatic nitrogens is 3. The van der Waals surface area contributed by atoms with Gasteiger partial charge in [0.1, 0.15) is 0 Å². The van der Waals surface area contributed by atoms with Crippen molar-refractivity contribution in [2.75, 3.05) is 0 Å². The summed E-state index contributed by atoms with van der Waals surface area (Å²) in [7, 11) is 0. The maximum absolute atomic E-state index is 15.9. The van der Waals surface area contributed by atoms with Gasteiger partial charge in [0.05, 0.1) is 5.69 Å². The molecular formula is C15H13ClFN3S. The third kappa shape index (κ3) is 2.71. The number of thiophene rings is 1. The highest BCUT2D eigenvalue weighted by molar-refractivity contribution is 7.10. The van der Waals surface area contributed by atoms with Gasteiger partial charge in [-0.1, -0.05) is 28.9 Å². The number of hydrogen-bond acceptors (Lipinski definition) is 3. The van der Waals surface area contributed by atoms with Crippen molar-refractivity contribution in [3.05, 3.63) is 68.6 Å². The van der Waals surface area contributed by atoms with Crippen LogP contribution in [0.3, 0.4) is 0 Å². The van der Waals surface area contributed by atoms with Crippen LogP contribution >= 0.6 is 22.9 Å². The van der Waals surface area contributed by atoms with Gasteiger partial charge in [-0.05, 0) is 36.1 Å². The number of halogens is 2. The Balaban J connectivity index is 2.10. The summed E-state index contributed by atoms with van der Waals surface area (Å²) in [6, 6.07) is 8.68. The van der Waals surface area contributed by atoms with Gasteiger partial charge in [0.2, 0.25) is 0 Å². The molecule has 0 bridgehead atoms. The summed E-state index contributed by atoms with van der Waals surface area (Å²) in [5.41, 5.74) is 0.165. The van der Waals surface area contributed by atoms with Crippen molar-refractivity contribution in [2.24, 2.45) is 0 Å². The molecule has 0 aliphatic heterocycles. The topological polar surface area (TPSA) is 41.6 Å². The van der Waals surface area contributed by atoms with Gasteiger partial charge >= 0.3 is 0 Å². The van der Waals surface area contributed by atoms with Crippen molar-refractivity contribution in [2.45, 2.75) is 19.0 Å². The SMILES string of the molecule is Cc1sccc1C(F)(Cc1c[nH]nn1)c1ccc(Cl)cc1. The van der Waals surface area contributed by atoms with Crippen LogP contribution in [0.15, 0.2) is 41.9 Å². The molecule has 2 aromatic heterocycles. The van der Waals surface area contributed by atoms with Crippen molar-refractivity contribution >= 4 is 22.9 Å². The lowest BCUT2D eigenvalue weighted by Crippen LogP contribution is -2.25. The van der Waals surface area contributed by atoms with E-state index in [1.54, 1.807) is 30.5 Å². The van der Waals surface area contributed by atoms with Crippen LogP contribution < -0.4 is 0 Å². The van der Waals surface area contributed by atoms with E-state index in [1.165, 1.54) is 11.3 Å². The second-order valence-corrected chi connectivity index (χ2v) is 6.40. The molecule has 1 aromatic carbocycles. The molecule has 108 valence electrons. The van der Waals surface area contributed by atoms with Crippen molar-refractivity contribution in [3.63, 3.8) is 0 Å². The van der Waals surface area contributed by atoms with Crippen LogP contribution in [-0.4, -0.2) is 15.4 Å². The third-order valence-electron chi connectivity index (χ3n) is 3.48. The highest BCUT2D eigenvalue weighted by atomic mass is 35.5. The molecule has 0 saturated heterocycles. The van der Waals surface area contributed by atoms with E-state index in [9.17, 15) is 0 Å². The molecule has 0 amide bonds. The Kier molecular flexibility index (Phi) is 3.78. The second kappa shape index (κ2) is 5.58. The first-order valence-corrected chi connectivity index (χ1v) is 7.70. The summed E-state index contributed by atoms with van der Waals surface area (Å²) in [4.78, 5) is 0.955. The van der Waals surface area contributed by atoms with E-state index < -0.39 is 5.67 Å². The quantitative estimate of drug-likeness (QED) is 0.779. The summed E-state index contributed by atoms with van der Waals surface area (Å²) in [5.74, 6) is 0. The molecular weight excluding hydrogens is 309 g/mol. The van der Waals surface area contributed by atoms with Gasteiger partial charge in [-0.15, -0.1) is 16.4 Å². The van der Waals surface area contributed by atoms with Gasteiger partial charge in [0, 0.05) is 28.1 Å². The zero-order valence-corrected chi connectivity index (χ0v) is 12.9. The average molecular weight is 322 g/mol. The summed E-state index contributed by atoms with van der Waals surface area (Å²) in [6.07, 6.45) is 1.74. The zero-order valence-electron chi connectivity index (χ0n) is 11.3. The number of alkyl halides is 1. The highest BCUT2D eigenvalue weighted by Gasteiger charge is 2.37. The largest absolute Gasteiger partial charge is 0.265 e. The first-order valence-electron chi connectivity index (χ1n) is 6.44. The number of H-pyrrole nitrogens is 1. The fourth-order valence-electron chi connectivity index (χ4n) is 2.42. The predicted octanol–water partition coefficient (Wildman–Crippen LogP) is 4.28. The number of aryl methyl sites for hydroxylation is 1. The Hall–Kier alpha value is -1.72. The van der Waals surface area contributed by atoms with Gasteiger partial charge in [-0.2, -0.15) is 0 Å². The Bertz CT molecular complexity index is 724. The van der Waals surface area contributed by atoms with Crippen LogP contribution in [0.4, 0.5) is 4.39 Å². The van der Waals surface area contributed by atoms with E-state index >= 15 is 4.39 Å². The Morgan fingerprint density at radius 1 is 1.29 bits per heavy atom. The number of nitrogens with zero attached hydrogens (tertiary/aromatic N) is 2. The Morgan fingerprint density at radius 3 is 2.62 bits per heavy atom. The third-order valence-corrected chi connectivity index (χ3v) is 4.58. The molecule has 0 aliphatic carbocycles. The maximum Gasteiger partial charge on any atom is 0.167 e. The number of aromatic amines is 1. The van der Waals surface area contributed by atoms with Crippen LogP contribution in [-0.2, 0) is 12.1 Å². The number of benzene rings is 1. The minimum absolute atomic E-state index is 0.128. The number of rotatable bonds is 4. The lowest BCUT2D eigenvalue weighted by molar-refractivity contribution is 0.219. The summed E-state index contributed by atoms with van der Waals surface area (Å²) in [5, 5.41) is 12.7. The first kappa shape index (κ1) is 14.2. The normalized spacial score (nSPS) is 14.0. The Labute approximate surface area is 130 Å². The monoisotopic (exact) mass is 321 g/mol. The average Bonchev–Trinajstić information content (AvgIpc) is 3.11. The fraction of sp³-hybridized carbons (Fsp3) is 0.200. The molecule has 1 atom stereocenters. The summed E-state index contributed by atoms with van der Waals surface area (Å²) >= 11 is 7.44. The minimum Gasteiger partial charge on any atom is -0.265 e. The molecule has 2 heterocycles. The summed E-state index contributed by atoms with van der Waals surface area (Å²) < 4.78 is 15.9. The first-order chi connectivity index (χ1) is 10.1. The molecule has 3 aromatic rings. The zero-order chi connectivity index (χ0) is 14.9. The molecule has 3 nitrogen and oxygen atoms in total. The van der Waals surface area contributed by atoms with Gasteiger partial charge in [0.25, 0.3) is 0 Å². The van der Waals surface area contributed by atoms with Crippen LogP contribution in [0.5, 0.6) is 0 Å². The Morgan fingerprint density at radius 2 is 2.05 bits per heavy atom. The predicted molar refractivity (Wildman–Crippen MR) is 82.5 cm³/mol. The van der Waals surface area contributed by atoms with Gasteiger partial charge in [-0.25, -0.2) is 4.39 Å². The van der Waals surface area contributed by atoms with E-state index in [2.05, 4.69) is 15.4 Å². The molecule has 1 N–H and O–H groups in total. The molecule has 21 heavy (non-hydrogen) atoms. The molecule has 3 rings (SSSR count). The molecule has 0 saturated carbocycles. The van der Waals surface area contributed by atoms with Crippen LogP contribution in [0.25, 0.3) is 0 Å². The molecule has 6 heteroatoms. The van der Waals surface area contributed by atoms with E-state index in [0.29, 0.717) is 21.8 Å². The van der Waals surface area contributed by atoms with Crippen LogP contribution in [0.2, 0.25) is 5.02 Å². The minimum atomic E-state index is -1.65. The molecule has 0 aliphatic rings. The van der Waals surface area contributed by atoms with Crippen molar-refractivity contribution in [3.8, 4) is 0 Å². The smallest absolute Gasteiger partial charge is 0.167 e. The van der Waals surface area contributed by atoms with E-state index in [4.69, 9.17) is 11.6 Å². The van der Waals surface area contributed by atoms with E-state index in [1.807, 2.05) is 18.4 Å². The molecule has 1 unspecified atom stereocenters. The van der Waals surface area contributed by atoms with Gasteiger partial charge < -0.3 is 0 Å². The lowest BCUT2D eigenvalue weighted by Gasteiger charge is -2.25. The standard InChI is InChI=1S/C15H13ClFN3S/c1-10-14(6-7-21-10)15(17,8-13-9-18-20-19-13)11-2-4-12(16)5-3-11/h2-7,9H,8H2,1H3,(H,18,19,20). The van der Waals surface area contributed by atoms with E-state index in [0.717, 1.165) is 4.88 Å². The van der Waals surface area contributed by atoms with Gasteiger partial charge in [0.15, 0.2) is 5.67 Å². The van der Waals surface area contributed by atoms with Crippen molar-refractivity contribution in [1.29, 1.82) is 0 Å². The summed E-state index contributed by atoms with van der Waals surface area (Å²) in [6.45, 7) is 1.92. The molecule has 0 spiro atoms. The van der Waals surface area contributed by atoms with Crippen molar-refractivity contribution < 1.29 is 4.39 Å². The van der Waals surface area contributed by atoms with Gasteiger partial charge in [-0.3, -0.25) is 5.10 Å². The highest BCUT2D eigenvalue weighted by Crippen LogP contribution is 2.40.